The highest BCUT2D eigenvalue weighted by atomic mass is 16.2. The summed E-state index contributed by atoms with van der Waals surface area (Å²) in [5.41, 5.74) is 5.56. The SMILES string of the molecule is CCCCCCCCCCCCNC(=O)C[C@H](NC(=O)[C@@H](CC(=O)[C@@H](NC(=O)[C@@H](CC(=O)[C@H](C)NC(=O)C(C)C)C(C)C)C(C)C)C(C)C)C(N)=O. The largest absolute Gasteiger partial charge is 0.368 e. The highest BCUT2D eigenvalue weighted by Gasteiger charge is 2.35. The molecule has 0 heterocycles. The lowest BCUT2D eigenvalue weighted by molar-refractivity contribution is -0.137. The van der Waals surface area contributed by atoms with Gasteiger partial charge in [-0.1, -0.05) is 120 Å². The Morgan fingerprint density at radius 3 is 1.42 bits per heavy atom. The lowest BCUT2D eigenvalue weighted by Gasteiger charge is -2.29. The van der Waals surface area contributed by atoms with Crippen LogP contribution in [0.15, 0.2) is 0 Å². The number of amides is 5. The minimum absolute atomic E-state index is 0.111. The molecule has 0 fully saturated rings. The molecule has 0 bridgehead atoms. The monoisotopic (exact) mass is 736 g/mol. The van der Waals surface area contributed by atoms with Crippen LogP contribution in [0.1, 0.15) is 153 Å². The Morgan fingerprint density at radius 2 is 0.981 bits per heavy atom. The second kappa shape index (κ2) is 26.5. The van der Waals surface area contributed by atoms with Crippen LogP contribution in [0, 0.1) is 35.5 Å². The summed E-state index contributed by atoms with van der Waals surface area (Å²) >= 11 is 0. The van der Waals surface area contributed by atoms with Crippen LogP contribution in [0.25, 0.3) is 0 Å². The van der Waals surface area contributed by atoms with Gasteiger partial charge in [-0.15, -0.1) is 0 Å². The van der Waals surface area contributed by atoms with Crippen molar-refractivity contribution >= 4 is 41.1 Å². The Kier molecular flexibility index (Phi) is 24.8. The number of rotatable bonds is 29. The second-order valence-corrected chi connectivity index (χ2v) is 15.9. The first-order valence-corrected chi connectivity index (χ1v) is 19.9. The van der Waals surface area contributed by atoms with Gasteiger partial charge in [0.15, 0.2) is 11.6 Å². The number of hydrogen-bond donors (Lipinski definition) is 5. The Labute approximate surface area is 314 Å². The third-order valence-corrected chi connectivity index (χ3v) is 9.70. The van der Waals surface area contributed by atoms with Crippen molar-refractivity contribution in [2.45, 2.75) is 171 Å². The number of nitrogens with one attached hydrogen (secondary N) is 4. The predicted molar refractivity (Wildman–Crippen MR) is 206 cm³/mol. The third-order valence-electron chi connectivity index (χ3n) is 9.70. The van der Waals surface area contributed by atoms with Crippen LogP contribution in [-0.4, -0.2) is 65.8 Å². The van der Waals surface area contributed by atoms with E-state index in [2.05, 4.69) is 28.2 Å². The fraction of sp³-hybridized carbons (Fsp3) is 0.825. The normalized spacial score (nSPS) is 14.4. The van der Waals surface area contributed by atoms with Gasteiger partial charge in [0, 0.05) is 37.1 Å². The molecule has 0 aromatic heterocycles. The maximum atomic E-state index is 13.7. The molecule has 0 aliphatic rings. The average molecular weight is 736 g/mol. The first-order valence-electron chi connectivity index (χ1n) is 19.9. The standard InChI is InChI=1S/C40H73N5O7/c1-11-12-13-14-15-16-17-18-19-20-21-42-35(48)24-32(37(41)49)44-39(51)31(26(4)5)23-34(47)36(27(6)7)45-40(52)30(25(2)3)22-33(46)29(10)43-38(50)28(8)9/h25-32,36H,11-24H2,1-10H3,(H2,41,49)(H,42,48)(H,43,50)(H,44,51)(H,45,52)/t29-,30-,31-,32-,36-/m0/s1. The van der Waals surface area contributed by atoms with Crippen molar-refractivity contribution in [3.05, 3.63) is 0 Å². The van der Waals surface area contributed by atoms with Crippen molar-refractivity contribution in [2.75, 3.05) is 6.54 Å². The number of ketones is 2. The molecule has 0 unspecified atom stereocenters. The van der Waals surface area contributed by atoms with Crippen LogP contribution in [0.4, 0.5) is 0 Å². The van der Waals surface area contributed by atoms with E-state index >= 15 is 0 Å². The van der Waals surface area contributed by atoms with Crippen molar-refractivity contribution in [3.63, 3.8) is 0 Å². The van der Waals surface area contributed by atoms with Gasteiger partial charge in [-0.25, -0.2) is 0 Å². The molecule has 0 rings (SSSR count). The van der Waals surface area contributed by atoms with E-state index in [0.29, 0.717) is 6.54 Å². The van der Waals surface area contributed by atoms with Crippen molar-refractivity contribution in [1.82, 2.24) is 21.3 Å². The van der Waals surface area contributed by atoms with Crippen LogP contribution in [-0.2, 0) is 33.6 Å². The van der Waals surface area contributed by atoms with E-state index in [1.807, 2.05) is 13.8 Å². The summed E-state index contributed by atoms with van der Waals surface area (Å²) in [6.45, 7) is 18.5. The molecule has 0 aliphatic carbocycles. The molecule has 0 saturated heterocycles. The van der Waals surface area contributed by atoms with Crippen molar-refractivity contribution in [2.24, 2.45) is 41.2 Å². The van der Waals surface area contributed by atoms with Crippen molar-refractivity contribution < 1.29 is 33.6 Å². The lowest BCUT2D eigenvalue weighted by Crippen LogP contribution is -2.52. The summed E-state index contributed by atoms with van der Waals surface area (Å²) in [7, 11) is 0. The quantitative estimate of drug-likeness (QED) is 0.0656. The van der Waals surface area contributed by atoms with Crippen molar-refractivity contribution in [1.29, 1.82) is 0 Å². The topological polar surface area (TPSA) is 194 Å². The first-order chi connectivity index (χ1) is 24.3. The molecule has 12 nitrogen and oxygen atoms in total. The Balaban J connectivity index is 5.27. The maximum Gasteiger partial charge on any atom is 0.240 e. The summed E-state index contributed by atoms with van der Waals surface area (Å²) in [6, 6.07) is -2.94. The van der Waals surface area contributed by atoms with Gasteiger partial charge in [-0.2, -0.15) is 0 Å². The first kappa shape index (κ1) is 48.7. The summed E-state index contributed by atoms with van der Waals surface area (Å²) in [6.07, 6.45) is 11.1. The zero-order valence-corrected chi connectivity index (χ0v) is 34.0. The number of primary amides is 1. The van der Waals surface area contributed by atoms with Gasteiger partial charge in [0.1, 0.15) is 6.04 Å². The molecule has 0 spiro atoms. The van der Waals surface area contributed by atoms with Gasteiger partial charge in [0.05, 0.1) is 18.5 Å². The minimum atomic E-state index is -1.24. The molecule has 12 heteroatoms. The predicted octanol–water partition coefficient (Wildman–Crippen LogP) is 5.15. The van der Waals surface area contributed by atoms with Gasteiger partial charge in [0.25, 0.3) is 0 Å². The van der Waals surface area contributed by atoms with E-state index < -0.39 is 53.6 Å². The summed E-state index contributed by atoms with van der Waals surface area (Å²) in [5, 5.41) is 10.9. The lowest BCUT2D eigenvalue weighted by atomic mass is 9.84. The Morgan fingerprint density at radius 1 is 0.519 bits per heavy atom. The summed E-state index contributed by atoms with van der Waals surface area (Å²) in [4.78, 5) is 90.5. The molecule has 0 aliphatic heterocycles. The number of carbonyl (C=O) groups excluding carboxylic acids is 7. The third kappa shape index (κ3) is 20.1. The number of Topliss-reactive ketones (excluding diaryl/α,β-unsaturated/α-hetero) is 2. The van der Waals surface area contributed by atoms with Crippen LogP contribution < -0.4 is 27.0 Å². The van der Waals surface area contributed by atoms with E-state index in [4.69, 9.17) is 5.73 Å². The number of hydrogen-bond acceptors (Lipinski definition) is 7. The van der Waals surface area contributed by atoms with E-state index in [0.717, 1.165) is 19.3 Å². The van der Waals surface area contributed by atoms with Crippen molar-refractivity contribution in [3.8, 4) is 0 Å². The van der Waals surface area contributed by atoms with Gasteiger partial charge in [0.2, 0.25) is 29.5 Å². The molecule has 6 N–H and O–H groups in total. The van der Waals surface area contributed by atoms with Crippen LogP contribution >= 0.6 is 0 Å². The molecule has 0 aromatic rings. The van der Waals surface area contributed by atoms with Gasteiger partial charge < -0.3 is 27.0 Å². The molecular weight excluding hydrogens is 662 g/mol. The zero-order chi connectivity index (χ0) is 40.0. The van der Waals surface area contributed by atoms with Crippen LogP contribution in [0.2, 0.25) is 0 Å². The highest BCUT2D eigenvalue weighted by molar-refractivity contribution is 5.97. The number of carbonyl (C=O) groups is 7. The van der Waals surface area contributed by atoms with Gasteiger partial charge in [-0.05, 0) is 31.1 Å². The molecule has 52 heavy (non-hydrogen) atoms. The van der Waals surface area contributed by atoms with E-state index in [1.54, 1.807) is 48.5 Å². The fourth-order valence-corrected chi connectivity index (χ4v) is 5.94. The number of unbranched alkanes of at least 4 members (excludes halogenated alkanes) is 9. The minimum Gasteiger partial charge on any atom is -0.368 e. The van der Waals surface area contributed by atoms with Crippen LogP contribution in [0.3, 0.4) is 0 Å². The molecule has 0 radical (unpaired) electrons. The van der Waals surface area contributed by atoms with E-state index in [9.17, 15) is 33.6 Å². The van der Waals surface area contributed by atoms with Gasteiger partial charge in [-0.3, -0.25) is 33.6 Å². The molecule has 5 amide bonds. The summed E-state index contributed by atoms with van der Waals surface area (Å²) in [5.74, 6) is -5.94. The molecule has 300 valence electrons. The molecule has 5 atom stereocenters. The molecule has 0 aromatic carbocycles. The second-order valence-electron chi connectivity index (χ2n) is 15.9. The average Bonchev–Trinajstić information content (AvgIpc) is 3.05. The number of nitrogens with two attached hydrogens (primary N) is 1. The smallest absolute Gasteiger partial charge is 0.240 e. The summed E-state index contributed by atoms with van der Waals surface area (Å²) < 4.78 is 0. The van der Waals surface area contributed by atoms with E-state index in [1.165, 1.54) is 44.9 Å². The Bertz CT molecular complexity index is 1140. The van der Waals surface area contributed by atoms with E-state index in [-0.39, 0.29) is 60.4 Å². The molecular formula is C40H73N5O7. The fourth-order valence-electron chi connectivity index (χ4n) is 5.94. The van der Waals surface area contributed by atoms with Gasteiger partial charge >= 0.3 is 0 Å². The highest BCUT2D eigenvalue weighted by Crippen LogP contribution is 2.22. The maximum absolute atomic E-state index is 13.7. The Hall–Kier alpha value is -3.31. The van der Waals surface area contributed by atoms with Crippen LogP contribution in [0.5, 0.6) is 0 Å². The molecule has 0 saturated carbocycles. The zero-order valence-electron chi connectivity index (χ0n) is 34.0.